The highest BCUT2D eigenvalue weighted by atomic mass is 35.5. The summed E-state index contributed by atoms with van der Waals surface area (Å²) in [7, 11) is 0. The second-order valence-electron chi connectivity index (χ2n) is 12.1. The van der Waals surface area contributed by atoms with Gasteiger partial charge in [0.2, 0.25) is 5.90 Å². The number of carbonyl (C=O) groups is 2. The molecule has 11 nitrogen and oxygen atoms in total. The van der Waals surface area contributed by atoms with Crippen LogP contribution >= 0.6 is 11.6 Å². The Morgan fingerprint density at radius 1 is 1.09 bits per heavy atom. The maximum atomic E-state index is 14.4. The molecule has 1 aliphatic heterocycles. The summed E-state index contributed by atoms with van der Waals surface area (Å²) < 4.78 is 17.8. The third-order valence-corrected chi connectivity index (χ3v) is 7.81. The van der Waals surface area contributed by atoms with E-state index in [4.69, 9.17) is 41.4 Å². The van der Waals surface area contributed by atoms with Gasteiger partial charge >= 0.3 is 5.97 Å². The number of hydrogen-bond donors (Lipinski definition) is 2. The van der Waals surface area contributed by atoms with Crippen molar-refractivity contribution < 1.29 is 28.9 Å². The summed E-state index contributed by atoms with van der Waals surface area (Å²) in [4.78, 5) is 35.3. The number of aliphatic hydroxyl groups is 1. The smallest absolute Gasteiger partial charge is 0.306 e. The van der Waals surface area contributed by atoms with Gasteiger partial charge in [-0.1, -0.05) is 59.2 Å². The first-order valence-electron chi connectivity index (χ1n) is 15.5. The van der Waals surface area contributed by atoms with Crippen LogP contribution in [0.3, 0.4) is 0 Å². The van der Waals surface area contributed by atoms with Gasteiger partial charge in [0.25, 0.3) is 5.91 Å². The fourth-order valence-electron chi connectivity index (χ4n) is 5.24. The molecule has 0 bridgehead atoms. The van der Waals surface area contributed by atoms with Crippen molar-refractivity contribution in [2.45, 2.75) is 70.2 Å². The zero-order chi connectivity index (χ0) is 33.9. The highest BCUT2D eigenvalue weighted by Crippen LogP contribution is 2.44. The predicted octanol–water partition coefficient (Wildman–Crippen LogP) is 6.65. The molecule has 0 aliphatic carbocycles. The highest BCUT2D eigenvalue weighted by Gasteiger charge is 2.53. The van der Waals surface area contributed by atoms with Gasteiger partial charge in [0.15, 0.2) is 11.6 Å². The zero-order valence-corrected chi connectivity index (χ0v) is 27.6. The Hall–Kier alpha value is -4.57. The first kappa shape index (κ1) is 35.3. The Kier molecular flexibility index (Phi) is 12.2. The molecule has 1 amide bonds. The van der Waals surface area contributed by atoms with E-state index in [-0.39, 0.29) is 38.4 Å². The molecular formula is C35H40ClN5O6. The van der Waals surface area contributed by atoms with Crippen molar-refractivity contribution in [3.8, 4) is 5.75 Å². The van der Waals surface area contributed by atoms with E-state index in [0.717, 1.165) is 5.56 Å². The van der Waals surface area contributed by atoms with Crippen LogP contribution in [0, 0.1) is 0 Å². The highest BCUT2D eigenvalue weighted by molar-refractivity contribution is 6.31. The maximum Gasteiger partial charge on any atom is 0.306 e. The summed E-state index contributed by atoms with van der Waals surface area (Å²) in [5.74, 6) is -0.1000. The summed E-state index contributed by atoms with van der Waals surface area (Å²) in [5.41, 5.74) is 9.49. The summed E-state index contributed by atoms with van der Waals surface area (Å²) in [6.07, 6.45) is -0.124. The maximum absolute atomic E-state index is 14.4. The van der Waals surface area contributed by atoms with Crippen molar-refractivity contribution in [2.24, 2.45) is 10.1 Å². The largest absolute Gasteiger partial charge is 0.494 e. The number of nitrogens with one attached hydrogen (secondary N) is 1. The minimum Gasteiger partial charge on any atom is -0.494 e. The number of azide groups is 1. The Morgan fingerprint density at radius 3 is 2.47 bits per heavy atom. The lowest BCUT2D eigenvalue weighted by atomic mass is 9.81. The lowest BCUT2D eigenvalue weighted by Crippen LogP contribution is -2.49. The molecule has 3 aromatic carbocycles. The average molecular weight is 662 g/mol. The van der Waals surface area contributed by atoms with Gasteiger partial charge in [0.05, 0.1) is 13.2 Å². The lowest BCUT2D eigenvalue weighted by Gasteiger charge is -2.32. The number of hydrogen-bond acceptors (Lipinski definition) is 8. The van der Waals surface area contributed by atoms with Crippen molar-refractivity contribution in [3.05, 3.63) is 111 Å². The number of aliphatic hydroxyl groups excluding tert-OH is 1. The zero-order valence-electron chi connectivity index (χ0n) is 26.8. The van der Waals surface area contributed by atoms with E-state index in [1.54, 1.807) is 57.2 Å². The Bertz CT molecular complexity index is 1620. The van der Waals surface area contributed by atoms with Crippen molar-refractivity contribution in [1.29, 1.82) is 0 Å². The van der Waals surface area contributed by atoms with Crippen LogP contribution in [0.25, 0.3) is 10.4 Å². The van der Waals surface area contributed by atoms with Crippen LogP contribution in [0.2, 0.25) is 5.02 Å². The predicted molar refractivity (Wildman–Crippen MR) is 179 cm³/mol. The molecule has 0 fully saturated rings. The normalized spacial score (nSPS) is 17.2. The molecule has 0 spiro atoms. The average Bonchev–Trinajstić information content (AvgIpc) is 3.44. The Balaban J connectivity index is 1.75. The standard InChI is InChI=1S/C35H40ClN5O6/c1-34(2,3)47-30(43)17-19-35(33(44)38-20-18-24-9-5-7-12-29(24)36)31(28-11-6-4-10-26(28)23-39-41-37)46-32(40-35)25-13-15-27(16-14-25)45-22-8-21-42/h4-7,9-16,31,42H,8,17-23H2,1-3H3,(H,38,44)/t31-,35-/m1/s1. The van der Waals surface area contributed by atoms with Crippen molar-refractivity contribution in [2.75, 3.05) is 19.8 Å². The van der Waals surface area contributed by atoms with E-state index < -0.39 is 29.1 Å². The first-order chi connectivity index (χ1) is 22.6. The fourth-order valence-corrected chi connectivity index (χ4v) is 5.47. The van der Waals surface area contributed by atoms with Crippen molar-refractivity contribution in [3.63, 3.8) is 0 Å². The molecular weight excluding hydrogens is 622 g/mol. The number of carbonyl (C=O) groups excluding carboxylic acids is 2. The summed E-state index contributed by atoms with van der Waals surface area (Å²) >= 11 is 6.37. The third-order valence-electron chi connectivity index (χ3n) is 7.44. The number of ether oxygens (including phenoxy) is 3. The van der Waals surface area contributed by atoms with Crippen molar-refractivity contribution >= 4 is 29.4 Å². The number of halogens is 1. The second-order valence-corrected chi connectivity index (χ2v) is 12.5. The number of rotatable bonds is 15. The molecule has 2 atom stereocenters. The van der Waals surface area contributed by atoms with Gasteiger partial charge in [-0.25, -0.2) is 4.99 Å². The van der Waals surface area contributed by atoms with E-state index in [1.165, 1.54) is 0 Å². The van der Waals surface area contributed by atoms with Gasteiger partial charge in [-0.05, 0) is 86.2 Å². The van der Waals surface area contributed by atoms with Crippen LogP contribution in [0.15, 0.2) is 82.9 Å². The lowest BCUT2D eigenvalue weighted by molar-refractivity contribution is -0.155. The minimum absolute atomic E-state index is 0.0216. The fraction of sp³-hybridized carbons (Fsp3) is 0.400. The summed E-state index contributed by atoms with van der Waals surface area (Å²) in [5, 5.41) is 16.5. The number of amides is 1. The Labute approximate surface area is 279 Å². The minimum atomic E-state index is -1.59. The monoisotopic (exact) mass is 661 g/mol. The molecule has 4 rings (SSSR count). The van der Waals surface area contributed by atoms with Gasteiger partial charge in [0, 0.05) is 41.5 Å². The van der Waals surface area contributed by atoms with Gasteiger partial charge in [0.1, 0.15) is 11.4 Å². The molecule has 1 heterocycles. The van der Waals surface area contributed by atoms with Gasteiger partial charge < -0.3 is 24.6 Å². The molecule has 47 heavy (non-hydrogen) atoms. The molecule has 1 aliphatic rings. The number of nitrogens with zero attached hydrogens (tertiary/aromatic N) is 4. The van der Waals surface area contributed by atoms with E-state index in [2.05, 4.69) is 15.3 Å². The number of benzene rings is 3. The SMILES string of the molecule is CC(C)(C)OC(=O)CC[C@@]1(C(=O)NCCc2ccccc2Cl)N=C(c2ccc(OCCCO)cc2)O[C@@H]1c1ccccc1CN=[N+]=[N-]. The van der Waals surface area contributed by atoms with E-state index in [9.17, 15) is 9.59 Å². The number of esters is 1. The second kappa shape index (κ2) is 16.3. The van der Waals surface area contributed by atoms with E-state index in [1.807, 2.05) is 36.4 Å². The van der Waals surface area contributed by atoms with Crippen LogP contribution < -0.4 is 10.1 Å². The van der Waals surface area contributed by atoms with Gasteiger partial charge in [-0.3, -0.25) is 9.59 Å². The van der Waals surface area contributed by atoms with Crippen LogP contribution in [0.1, 0.15) is 68.4 Å². The van der Waals surface area contributed by atoms with E-state index >= 15 is 0 Å². The Morgan fingerprint density at radius 2 is 1.79 bits per heavy atom. The van der Waals surface area contributed by atoms with Crippen LogP contribution in [-0.2, 0) is 32.0 Å². The molecule has 3 aromatic rings. The topological polar surface area (TPSA) is 155 Å². The molecule has 0 aromatic heterocycles. The molecule has 0 saturated heterocycles. The van der Waals surface area contributed by atoms with Crippen LogP contribution in [-0.4, -0.2) is 53.8 Å². The first-order valence-corrected chi connectivity index (χ1v) is 15.9. The van der Waals surface area contributed by atoms with Crippen LogP contribution in [0.4, 0.5) is 0 Å². The third kappa shape index (κ3) is 9.48. The quantitative estimate of drug-likeness (QED) is 0.0611. The molecule has 0 saturated carbocycles. The summed E-state index contributed by atoms with van der Waals surface area (Å²) in [6, 6.07) is 21.7. The van der Waals surface area contributed by atoms with E-state index in [0.29, 0.717) is 46.9 Å². The number of aliphatic imine (C=N–C) groups is 1. The molecule has 0 unspecified atom stereocenters. The van der Waals surface area contributed by atoms with Crippen LogP contribution in [0.5, 0.6) is 5.75 Å². The van der Waals surface area contributed by atoms with Crippen molar-refractivity contribution in [1.82, 2.24) is 5.32 Å². The molecule has 2 N–H and O–H groups in total. The molecule has 248 valence electrons. The summed E-state index contributed by atoms with van der Waals surface area (Å²) in [6.45, 7) is 6.01. The van der Waals surface area contributed by atoms with Gasteiger partial charge in [-0.2, -0.15) is 0 Å². The van der Waals surface area contributed by atoms with Gasteiger partial charge in [-0.15, -0.1) is 0 Å². The molecule has 0 radical (unpaired) electrons. The molecule has 12 heteroatoms.